The van der Waals surface area contributed by atoms with Crippen LogP contribution in [-0.2, 0) is 4.79 Å². The first-order valence-corrected chi connectivity index (χ1v) is 5.01. The fraction of sp³-hybridized carbons (Fsp3) is 0.778. The molecule has 0 aliphatic heterocycles. The number of aliphatic hydroxyl groups excluding tert-OH is 5. The highest BCUT2D eigenvalue weighted by Crippen LogP contribution is 2.03. The SMILES string of the molecule is NC(=O)CC/N=C/[C@H](O)C(O)C(O)C(O)CO. The van der Waals surface area contributed by atoms with E-state index in [1.165, 1.54) is 0 Å². The van der Waals surface area contributed by atoms with Crippen LogP contribution in [-0.4, -0.2) is 75.2 Å². The average molecular weight is 250 g/mol. The molecule has 0 fully saturated rings. The summed E-state index contributed by atoms with van der Waals surface area (Å²) in [6.45, 7) is -0.693. The van der Waals surface area contributed by atoms with Gasteiger partial charge in [-0.15, -0.1) is 0 Å². The van der Waals surface area contributed by atoms with Crippen LogP contribution in [0, 0.1) is 0 Å². The van der Waals surface area contributed by atoms with Gasteiger partial charge < -0.3 is 31.3 Å². The van der Waals surface area contributed by atoms with Crippen LogP contribution in [0.15, 0.2) is 4.99 Å². The maximum atomic E-state index is 10.3. The minimum atomic E-state index is -1.70. The van der Waals surface area contributed by atoms with Crippen molar-refractivity contribution in [3.05, 3.63) is 0 Å². The zero-order valence-corrected chi connectivity index (χ0v) is 9.18. The lowest BCUT2D eigenvalue weighted by Gasteiger charge is -2.23. The lowest BCUT2D eigenvalue weighted by Crippen LogP contribution is -2.46. The van der Waals surface area contributed by atoms with Crippen molar-refractivity contribution in [1.82, 2.24) is 0 Å². The Morgan fingerprint density at radius 3 is 2.29 bits per heavy atom. The summed E-state index contributed by atoms with van der Waals surface area (Å²) in [5.41, 5.74) is 4.85. The molecule has 0 aliphatic rings. The van der Waals surface area contributed by atoms with Crippen LogP contribution in [0.2, 0.25) is 0 Å². The standard InChI is InChI=1S/C9H18N2O6/c10-7(15)1-2-11-3-5(13)8(16)9(17)6(14)4-12/h3,5-6,8-9,12-14,16-17H,1-2,4H2,(H2,10,15)/b11-3+/t5-,6?,8?,9?/m0/s1. The van der Waals surface area contributed by atoms with E-state index in [1.807, 2.05) is 0 Å². The molecule has 100 valence electrons. The van der Waals surface area contributed by atoms with Crippen LogP contribution < -0.4 is 5.73 Å². The molecular formula is C9H18N2O6. The quantitative estimate of drug-likeness (QED) is 0.244. The molecule has 17 heavy (non-hydrogen) atoms. The lowest BCUT2D eigenvalue weighted by molar-refractivity contribution is -0.117. The molecule has 0 aromatic heterocycles. The molecule has 0 aromatic rings. The Bertz CT molecular complexity index is 260. The van der Waals surface area contributed by atoms with Crippen LogP contribution in [0.3, 0.4) is 0 Å². The first kappa shape index (κ1) is 15.9. The number of hydrogen-bond donors (Lipinski definition) is 6. The molecule has 8 heteroatoms. The topological polar surface area (TPSA) is 157 Å². The lowest BCUT2D eigenvalue weighted by atomic mass is 10.0. The highest BCUT2D eigenvalue weighted by atomic mass is 16.4. The summed E-state index contributed by atoms with van der Waals surface area (Å²) in [5, 5.41) is 45.5. The Hall–Kier alpha value is -1.06. The first-order valence-electron chi connectivity index (χ1n) is 5.01. The molecule has 1 amide bonds. The fourth-order valence-electron chi connectivity index (χ4n) is 0.983. The predicted molar refractivity (Wildman–Crippen MR) is 58.3 cm³/mol. The Morgan fingerprint density at radius 1 is 1.24 bits per heavy atom. The number of carbonyl (C=O) groups is 1. The molecule has 0 aliphatic carbocycles. The summed E-state index contributed by atoms with van der Waals surface area (Å²) < 4.78 is 0. The van der Waals surface area contributed by atoms with Gasteiger partial charge in [-0.1, -0.05) is 0 Å². The number of primary amides is 1. The third-order valence-electron chi connectivity index (χ3n) is 2.03. The van der Waals surface area contributed by atoms with Crippen molar-refractivity contribution in [2.24, 2.45) is 10.7 Å². The molecule has 0 saturated heterocycles. The smallest absolute Gasteiger partial charge is 0.219 e. The van der Waals surface area contributed by atoms with Crippen molar-refractivity contribution in [2.75, 3.05) is 13.2 Å². The van der Waals surface area contributed by atoms with E-state index in [2.05, 4.69) is 4.99 Å². The molecule has 4 atom stereocenters. The van der Waals surface area contributed by atoms with Crippen LogP contribution in [0.4, 0.5) is 0 Å². The van der Waals surface area contributed by atoms with Crippen LogP contribution >= 0.6 is 0 Å². The molecule has 7 N–H and O–H groups in total. The summed E-state index contributed by atoms with van der Waals surface area (Å²) in [5.74, 6) is -0.548. The van der Waals surface area contributed by atoms with Crippen molar-refractivity contribution in [1.29, 1.82) is 0 Å². The number of rotatable bonds is 8. The summed E-state index contributed by atoms with van der Waals surface area (Å²) in [6, 6.07) is 0. The van der Waals surface area contributed by atoms with Crippen LogP contribution in [0.1, 0.15) is 6.42 Å². The molecule has 0 bridgehead atoms. The maximum absolute atomic E-state index is 10.3. The van der Waals surface area contributed by atoms with E-state index in [9.17, 15) is 20.1 Å². The van der Waals surface area contributed by atoms with E-state index in [4.69, 9.17) is 15.9 Å². The summed E-state index contributed by atoms with van der Waals surface area (Å²) in [6.07, 6.45) is -5.52. The molecule has 0 heterocycles. The molecule has 8 nitrogen and oxygen atoms in total. The number of carbonyl (C=O) groups excluding carboxylic acids is 1. The minimum Gasteiger partial charge on any atom is -0.394 e. The molecule has 0 saturated carbocycles. The minimum absolute atomic E-state index is 0.00112. The van der Waals surface area contributed by atoms with E-state index in [0.29, 0.717) is 0 Å². The number of nitrogens with two attached hydrogens (primary N) is 1. The van der Waals surface area contributed by atoms with Crippen LogP contribution in [0.5, 0.6) is 0 Å². The largest absolute Gasteiger partial charge is 0.394 e. The zero-order valence-electron chi connectivity index (χ0n) is 9.18. The monoisotopic (exact) mass is 250 g/mol. The van der Waals surface area contributed by atoms with Gasteiger partial charge in [0.1, 0.15) is 24.4 Å². The zero-order chi connectivity index (χ0) is 13.4. The second-order valence-corrected chi connectivity index (χ2v) is 3.49. The van der Waals surface area contributed by atoms with E-state index < -0.39 is 36.9 Å². The summed E-state index contributed by atoms with van der Waals surface area (Å²) >= 11 is 0. The van der Waals surface area contributed by atoms with Gasteiger partial charge >= 0.3 is 0 Å². The highest BCUT2D eigenvalue weighted by Gasteiger charge is 2.28. The van der Waals surface area contributed by atoms with Crippen LogP contribution in [0.25, 0.3) is 0 Å². The van der Waals surface area contributed by atoms with Gasteiger partial charge in [0.25, 0.3) is 0 Å². The molecule has 0 spiro atoms. The van der Waals surface area contributed by atoms with Crippen molar-refractivity contribution >= 4 is 12.1 Å². The first-order chi connectivity index (χ1) is 7.90. The fourth-order valence-corrected chi connectivity index (χ4v) is 0.983. The predicted octanol–water partition coefficient (Wildman–Crippen LogP) is -3.63. The number of aliphatic hydroxyl groups is 5. The maximum Gasteiger partial charge on any atom is 0.219 e. The van der Waals surface area contributed by atoms with E-state index in [-0.39, 0.29) is 13.0 Å². The number of nitrogens with zero attached hydrogens (tertiary/aromatic N) is 1. The Morgan fingerprint density at radius 2 is 1.82 bits per heavy atom. The van der Waals surface area contributed by atoms with Crippen molar-refractivity contribution in [3.8, 4) is 0 Å². The van der Waals surface area contributed by atoms with Gasteiger partial charge in [-0.3, -0.25) is 9.79 Å². The summed E-state index contributed by atoms with van der Waals surface area (Å²) in [4.78, 5) is 14.0. The summed E-state index contributed by atoms with van der Waals surface area (Å²) in [7, 11) is 0. The molecule has 0 radical (unpaired) electrons. The Labute approximate surface area is 98.0 Å². The van der Waals surface area contributed by atoms with Crippen molar-refractivity contribution in [2.45, 2.75) is 30.8 Å². The third-order valence-corrected chi connectivity index (χ3v) is 2.03. The highest BCUT2D eigenvalue weighted by molar-refractivity contribution is 5.74. The van der Waals surface area contributed by atoms with Crippen molar-refractivity contribution in [3.63, 3.8) is 0 Å². The van der Waals surface area contributed by atoms with E-state index in [1.54, 1.807) is 0 Å². The number of aliphatic imine (C=N–C) groups is 1. The second-order valence-electron chi connectivity index (χ2n) is 3.49. The van der Waals surface area contributed by atoms with Gasteiger partial charge in [0.15, 0.2) is 0 Å². The number of amides is 1. The van der Waals surface area contributed by atoms with Gasteiger partial charge in [0.05, 0.1) is 6.61 Å². The van der Waals surface area contributed by atoms with E-state index >= 15 is 0 Å². The average Bonchev–Trinajstić information content (AvgIpc) is 2.31. The van der Waals surface area contributed by atoms with E-state index in [0.717, 1.165) is 6.21 Å². The second kappa shape index (κ2) is 8.09. The molecule has 0 aromatic carbocycles. The third kappa shape index (κ3) is 6.29. The molecular weight excluding hydrogens is 232 g/mol. The Balaban J connectivity index is 4.12. The van der Waals surface area contributed by atoms with Gasteiger partial charge in [0, 0.05) is 19.2 Å². The molecule has 0 rings (SSSR count). The Kier molecular flexibility index (Phi) is 7.59. The van der Waals surface area contributed by atoms with Gasteiger partial charge in [0.2, 0.25) is 5.91 Å². The van der Waals surface area contributed by atoms with Gasteiger partial charge in [-0.05, 0) is 0 Å². The molecule has 3 unspecified atom stereocenters. The van der Waals surface area contributed by atoms with Gasteiger partial charge in [-0.25, -0.2) is 0 Å². The van der Waals surface area contributed by atoms with Gasteiger partial charge in [-0.2, -0.15) is 0 Å². The normalized spacial score (nSPS) is 18.9. The van der Waals surface area contributed by atoms with Crippen molar-refractivity contribution < 1.29 is 30.3 Å². The number of hydrogen-bond acceptors (Lipinski definition) is 7.